The first kappa shape index (κ1) is 19.0. The van der Waals surface area contributed by atoms with Gasteiger partial charge in [-0.15, -0.1) is 0 Å². The molecule has 156 valence electrons. The Labute approximate surface area is 199 Å². The highest BCUT2D eigenvalue weighted by molar-refractivity contribution is 7.99. The first-order valence-corrected chi connectivity index (χ1v) is 12.3. The van der Waals surface area contributed by atoms with Gasteiger partial charge in [-0.3, -0.25) is 0 Å². The van der Waals surface area contributed by atoms with Crippen LogP contribution in [0.5, 0.6) is 0 Å². The number of rotatable bonds is 2. The fourth-order valence-electron chi connectivity index (χ4n) is 5.84. The van der Waals surface area contributed by atoms with Crippen LogP contribution in [0.25, 0.3) is 11.1 Å². The molecule has 0 aromatic heterocycles. The van der Waals surface area contributed by atoms with E-state index in [1.54, 1.807) is 0 Å². The highest BCUT2D eigenvalue weighted by Crippen LogP contribution is 2.62. The van der Waals surface area contributed by atoms with Gasteiger partial charge in [0.1, 0.15) is 0 Å². The molecule has 0 amide bonds. The van der Waals surface area contributed by atoms with Crippen LogP contribution in [0.4, 0.5) is 0 Å². The van der Waals surface area contributed by atoms with Gasteiger partial charge in [-0.25, -0.2) is 0 Å². The van der Waals surface area contributed by atoms with Crippen molar-refractivity contribution in [1.82, 2.24) is 0 Å². The van der Waals surface area contributed by atoms with Gasteiger partial charge < -0.3 is 0 Å². The number of fused-ring (bicyclic) bond motifs is 9. The van der Waals surface area contributed by atoms with Gasteiger partial charge in [0, 0.05) is 9.79 Å². The summed E-state index contributed by atoms with van der Waals surface area (Å²) in [5, 5.41) is 0. The lowest BCUT2D eigenvalue weighted by Crippen LogP contribution is -2.32. The van der Waals surface area contributed by atoms with E-state index >= 15 is 0 Å². The third-order valence-corrected chi connectivity index (χ3v) is 8.31. The van der Waals surface area contributed by atoms with Crippen LogP contribution >= 0.6 is 11.8 Å². The van der Waals surface area contributed by atoms with Gasteiger partial charge in [0.05, 0.1) is 5.41 Å². The Morgan fingerprint density at radius 3 is 1.76 bits per heavy atom. The average molecular weight is 439 g/mol. The smallest absolute Gasteiger partial charge is 0.0735 e. The Hall–Kier alpha value is -3.55. The molecule has 1 heterocycles. The first-order chi connectivity index (χ1) is 16.4. The molecule has 0 nitrogen and oxygen atoms in total. The van der Waals surface area contributed by atoms with E-state index in [1.165, 1.54) is 54.3 Å². The van der Waals surface area contributed by atoms with Crippen molar-refractivity contribution in [3.8, 4) is 11.1 Å². The standard InChI is InChI=1S/C32H22S/c1-2-10-22(11-3-1)20-23-18-19-25-24-12-4-5-13-26(24)32(29(25)21-23)27-14-6-8-16-30(27)33-31-17-9-7-15-28(31)32/h1-19,21H,20H2. The van der Waals surface area contributed by atoms with E-state index in [0.29, 0.717) is 0 Å². The van der Waals surface area contributed by atoms with E-state index in [1.807, 2.05) is 11.8 Å². The maximum Gasteiger partial charge on any atom is 0.0735 e. The van der Waals surface area contributed by atoms with Gasteiger partial charge in [-0.2, -0.15) is 0 Å². The summed E-state index contributed by atoms with van der Waals surface area (Å²) in [6, 6.07) is 44.9. The van der Waals surface area contributed by atoms with Gasteiger partial charge >= 0.3 is 0 Å². The monoisotopic (exact) mass is 438 g/mol. The molecular weight excluding hydrogens is 416 g/mol. The normalized spacial score (nSPS) is 14.3. The molecule has 0 atom stereocenters. The molecule has 7 rings (SSSR count). The van der Waals surface area contributed by atoms with E-state index in [2.05, 4.69) is 121 Å². The van der Waals surface area contributed by atoms with E-state index in [0.717, 1.165) is 6.42 Å². The van der Waals surface area contributed by atoms with Gasteiger partial charge in [0.2, 0.25) is 0 Å². The summed E-state index contributed by atoms with van der Waals surface area (Å²) in [5.74, 6) is 0. The molecule has 0 fully saturated rings. The van der Waals surface area contributed by atoms with E-state index in [-0.39, 0.29) is 5.41 Å². The Balaban J connectivity index is 1.56. The van der Waals surface area contributed by atoms with Crippen molar-refractivity contribution >= 4 is 11.8 Å². The van der Waals surface area contributed by atoms with Gasteiger partial charge in [-0.1, -0.05) is 121 Å². The molecule has 0 unspecified atom stereocenters. The van der Waals surface area contributed by atoms with Crippen LogP contribution in [0.3, 0.4) is 0 Å². The van der Waals surface area contributed by atoms with E-state index in [9.17, 15) is 0 Å². The number of hydrogen-bond acceptors (Lipinski definition) is 1. The summed E-state index contributed by atoms with van der Waals surface area (Å²) in [6.07, 6.45) is 0.943. The van der Waals surface area contributed by atoms with Crippen molar-refractivity contribution < 1.29 is 0 Å². The maximum atomic E-state index is 2.48. The van der Waals surface area contributed by atoms with Crippen LogP contribution < -0.4 is 0 Å². The molecule has 5 aromatic carbocycles. The molecular formula is C32H22S. The molecule has 0 N–H and O–H groups in total. The molecule has 5 aromatic rings. The third-order valence-electron chi connectivity index (χ3n) is 7.16. The molecule has 1 heteroatoms. The van der Waals surface area contributed by atoms with Crippen molar-refractivity contribution in [3.05, 3.63) is 155 Å². The highest BCUT2D eigenvalue weighted by atomic mass is 32.2. The summed E-state index contributed by atoms with van der Waals surface area (Å²) in [5.41, 5.74) is 10.8. The zero-order chi connectivity index (χ0) is 21.8. The Morgan fingerprint density at radius 1 is 0.455 bits per heavy atom. The van der Waals surface area contributed by atoms with Gasteiger partial charge in [0.25, 0.3) is 0 Å². The predicted octanol–water partition coefficient (Wildman–Crippen LogP) is 8.11. The van der Waals surface area contributed by atoms with Crippen molar-refractivity contribution in [1.29, 1.82) is 0 Å². The second-order valence-electron chi connectivity index (χ2n) is 8.93. The zero-order valence-electron chi connectivity index (χ0n) is 18.2. The quantitative estimate of drug-likeness (QED) is 0.263. The van der Waals surface area contributed by atoms with Crippen molar-refractivity contribution in [2.24, 2.45) is 0 Å². The molecule has 1 spiro atoms. The van der Waals surface area contributed by atoms with Crippen LogP contribution in [0.15, 0.2) is 131 Å². The lowest BCUT2D eigenvalue weighted by molar-refractivity contribution is 0.721. The fraction of sp³-hybridized carbons (Fsp3) is 0.0625. The lowest BCUT2D eigenvalue weighted by atomic mass is 9.67. The predicted molar refractivity (Wildman–Crippen MR) is 137 cm³/mol. The largest absolute Gasteiger partial charge is 0.0894 e. The minimum Gasteiger partial charge on any atom is -0.0894 e. The summed E-state index contributed by atoms with van der Waals surface area (Å²) < 4.78 is 0. The van der Waals surface area contributed by atoms with Crippen LogP contribution in [0, 0.1) is 0 Å². The molecule has 0 saturated heterocycles. The minimum atomic E-state index is -0.281. The number of hydrogen-bond donors (Lipinski definition) is 0. The average Bonchev–Trinajstić information content (AvgIpc) is 3.15. The molecule has 1 aliphatic carbocycles. The van der Waals surface area contributed by atoms with Crippen molar-refractivity contribution in [3.63, 3.8) is 0 Å². The highest BCUT2D eigenvalue weighted by Gasteiger charge is 2.49. The Kier molecular flexibility index (Phi) is 4.16. The van der Waals surface area contributed by atoms with Crippen molar-refractivity contribution in [2.45, 2.75) is 21.6 Å². The third kappa shape index (κ3) is 2.66. The Morgan fingerprint density at radius 2 is 1.03 bits per heavy atom. The second kappa shape index (κ2) is 7.23. The fourth-order valence-corrected chi connectivity index (χ4v) is 7.04. The summed E-state index contributed by atoms with van der Waals surface area (Å²) in [4.78, 5) is 2.71. The summed E-state index contributed by atoms with van der Waals surface area (Å²) in [7, 11) is 0. The summed E-state index contributed by atoms with van der Waals surface area (Å²) in [6.45, 7) is 0. The topological polar surface area (TPSA) is 0 Å². The molecule has 0 bridgehead atoms. The first-order valence-electron chi connectivity index (χ1n) is 11.5. The lowest BCUT2D eigenvalue weighted by Gasteiger charge is -2.39. The summed E-state index contributed by atoms with van der Waals surface area (Å²) >= 11 is 1.90. The molecule has 0 saturated carbocycles. The van der Waals surface area contributed by atoms with Crippen molar-refractivity contribution in [2.75, 3.05) is 0 Å². The molecule has 33 heavy (non-hydrogen) atoms. The van der Waals surface area contributed by atoms with E-state index in [4.69, 9.17) is 0 Å². The molecule has 0 radical (unpaired) electrons. The Bertz CT molecular complexity index is 1470. The molecule has 1 aliphatic heterocycles. The van der Waals surface area contributed by atoms with Crippen LogP contribution in [0.1, 0.15) is 33.4 Å². The second-order valence-corrected chi connectivity index (χ2v) is 10.0. The zero-order valence-corrected chi connectivity index (χ0v) is 19.0. The van der Waals surface area contributed by atoms with Crippen LogP contribution in [-0.2, 0) is 11.8 Å². The number of benzene rings is 5. The van der Waals surface area contributed by atoms with Crippen LogP contribution in [0.2, 0.25) is 0 Å². The van der Waals surface area contributed by atoms with Crippen LogP contribution in [-0.4, -0.2) is 0 Å². The SMILES string of the molecule is c1ccc(Cc2ccc3c(c2)C2(c4ccccc4Sc4ccccc42)c2ccccc2-3)cc1. The van der Waals surface area contributed by atoms with Gasteiger partial charge in [0.15, 0.2) is 0 Å². The van der Waals surface area contributed by atoms with Gasteiger partial charge in [-0.05, 0) is 63.1 Å². The van der Waals surface area contributed by atoms with E-state index < -0.39 is 0 Å². The molecule has 2 aliphatic rings. The maximum absolute atomic E-state index is 2.48. The minimum absolute atomic E-state index is 0.281.